The fraction of sp³-hybridized carbons (Fsp3) is 0.188. The molecule has 0 spiro atoms. The first kappa shape index (κ1) is 14.6. The van der Waals surface area contributed by atoms with Crippen LogP contribution in [0.25, 0.3) is 0 Å². The van der Waals surface area contributed by atoms with Crippen LogP contribution in [-0.4, -0.2) is 17.8 Å². The zero-order chi connectivity index (χ0) is 14.4. The summed E-state index contributed by atoms with van der Waals surface area (Å²) in [4.78, 5) is 0. The van der Waals surface area contributed by atoms with E-state index in [9.17, 15) is 5.11 Å². The van der Waals surface area contributed by atoms with E-state index in [0.717, 1.165) is 15.7 Å². The summed E-state index contributed by atoms with van der Waals surface area (Å²) in [5.41, 5.74) is 2.45. The molecule has 20 heavy (non-hydrogen) atoms. The quantitative estimate of drug-likeness (QED) is 0.884. The lowest BCUT2D eigenvalue weighted by atomic mass is 10.1. The summed E-state index contributed by atoms with van der Waals surface area (Å²) in [6, 6.07) is 17.5. The van der Waals surface area contributed by atoms with Gasteiger partial charge in [0.2, 0.25) is 0 Å². The minimum atomic E-state index is -0.120. The second-order valence-electron chi connectivity index (χ2n) is 4.52. The van der Waals surface area contributed by atoms with E-state index in [1.54, 1.807) is 6.07 Å². The minimum Gasteiger partial charge on any atom is -0.394 e. The molecular weight excluding hydrogens is 316 g/mol. The molecule has 3 nitrogen and oxygen atoms in total. The predicted molar refractivity (Wildman–Crippen MR) is 83.5 cm³/mol. The summed E-state index contributed by atoms with van der Waals surface area (Å²) in [6.07, 6.45) is 0.707. The van der Waals surface area contributed by atoms with E-state index >= 15 is 0 Å². The second kappa shape index (κ2) is 7.09. The van der Waals surface area contributed by atoms with Gasteiger partial charge in [-0.05, 0) is 30.2 Å². The second-order valence-corrected chi connectivity index (χ2v) is 5.43. The molecule has 0 saturated heterocycles. The molecule has 0 saturated carbocycles. The van der Waals surface area contributed by atoms with Crippen LogP contribution in [0.5, 0.6) is 0 Å². The van der Waals surface area contributed by atoms with Crippen LogP contribution in [-0.2, 0) is 6.42 Å². The van der Waals surface area contributed by atoms with Crippen LogP contribution in [0.1, 0.15) is 11.1 Å². The Morgan fingerprint density at radius 1 is 1.20 bits per heavy atom. The van der Waals surface area contributed by atoms with Crippen LogP contribution in [0.3, 0.4) is 0 Å². The Hall–Kier alpha value is -1.83. The molecule has 0 amide bonds. The highest BCUT2D eigenvalue weighted by Gasteiger charge is 2.11. The average Bonchev–Trinajstić information content (AvgIpc) is 2.49. The molecule has 1 unspecified atom stereocenters. The highest BCUT2D eigenvalue weighted by molar-refractivity contribution is 9.10. The summed E-state index contributed by atoms with van der Waals surface area (Å²) in [6.45, 7) is 0.00975. The van der Waals surface area contributed by atoms with E-state index in [1.165, 1.54) is 0 Å². The third kappa shape index (κ3) is 3.83. The van der Waals surface area contributed by atoms with Crippen molar-refractivity contribution < 1.29 is 5.11 Å². The van der Waals surface area contributed by atoms with E-state index in [0.29, 0.717) is 12.0 Å². The van der Waals surface area contributed by atoms with Crippen LogP contribution in [0.2, 0.25) is 0 Å². The van der Waals surface area contributed by atoms with Gasteiger partial charge >= 0.3 is 0 Å². The summed E-state index contributed by atoms with van der Waals surface area (Å²) < 4.78 is 0.864. The first-order valence-electron chi connectivity index (χ1n) is 6.34. The Morgan fingerprint density at radius 3 is 2.60 bits per heavy atom. The largest absolute Gasteiger partial charge is 0.394 e. The molecule has 0 aliphatic heterocycles. The molecule has 2 aromatic rings. The number of halogens is 1. The van der Waals surface area contributed by atoms with Crippen LogP contribution in [0.15, 0.2) is 53.0 Å². The third-order valence-corrected chi connectivity index (χ3v) is 3.50. The zero-order valence-corrected chi connectivity index (χ0v) is 12.5. The van der Waals surface area contributed by atoms with E-state index < -0.39 is 0 Å². The van der Waals surface area contributed by atoms with Crippen molar-refractivity contribution in [2.75, 3.05) is 11.9 Å². The Balaban J connectivity index is 2.13. The molecule has 0 aliphatic rings. The first-order chi connectivity index (χ1) is 9.72. The van der Waals surface area contributed by atoms with Crippen molar-refractivity contribution >= 4 is 21.6 Å². The fourth-order valence-electron chi connectivity index (χ4n) is 2.01. The van der Waals surface area contributed by atoms with E-state index in [-0.39, 0.29) is 12.6 Å². The Bertz CT molecular complexity index is 608. The van der Waals surface area contributed by atoms with Crippen LogP contribution >= 0.6 is 15.9 Å². The van der Waals surface area contributed by atoms with Gasteiger partial charge in [0.1, 0.15) is 6.07 Å². The molecule has 1 atom stereocenters. The zero-order valence-electron chi connectivity index (χ0n) is 10.9. The highest BCUT2D eigenvalue weighted by atomic mass is 79.9. The Labute approximate surface area is 127 Å². The monoisotopic (exact) mass is 330 g/mol. The van der Waals surface area contributed by atoms with Gasteiger partial charge in [0.15, 0.2) is 0 Å². The highest BCUT2D eigenvalue weighted by Crippen LogP contribution is 2.21. The molecule has 0 aliphatic carbocycles. The van der Waals surface area contributed by atoms with Crippen LogP contribution < -0.4 is 5.32 Å². The van der Waals surface area contributed by atoms with E-state index in [1.807, 2.05) is 42.5 Å². The molecule has 0 fully saturated rings. The topological polar surface area (TPSA) is 56.0 Å². The summed E-state index contributed by atoms with van der Waals surface area (Å²) in [5.74, 6) is 0. The molecule has 0 radical (unpaired) electrons. The van der Waals surface area contributed by atoms with Gasteiger partial charge in [0.05, 0.1) is 23.9 Å². The number of rotatable bonds is 5. The number of aliphatic hydroxyl groups excluding tert-OH is 1. The third-order valence-electron chi connectivity index (χ3n) is 3.01. The van der Waals surface area contributed by atoms with Crippen molar-refractivity contribution in [3.63, 3.8) is 0 Å². The standard InChI is InChI=1S/C16H15BrN2O/c17-14-6-7-16(13(9-14)10-18)19-15(11-20)8-12-4-2-1-3-5-12/h1-7,9,15,19-20H,8,11H2. The Kier molecular flexibility index (Phi) is 5.16. The minimum absolute atomic E-state index is 0.00975. The summed E-state index contributed by atoms with van der Waals surface area (Å²) in [7, 11) is 0. The van der Waals surface area contributed by atoms with Crippen molar-refractivity contribution in [3.8, 4) is 6.07 Å². The lowest BCUT2D eigenvalue weighted by Crippen LogP contribution is -2.26. The van der Waals surface area contributed by atoms with Crippen LogP contribution in [0.4, 0.5) is 5.69 Å². The number of nitrogens with zero attached hydrogens (tertiary/aromatic N) is 1. The van der Waals surface area contributed by atoms with Gasteiger partial charge in [0, 0.05) is 4.47 Å². The summed E-state index contributed by atoms with van der Waals surface area (Å²) >= 11 is 3.35. The molecule has 2 aromatic carbocycles. The van der Waals surface area contributed by atoms with Gasteiger partial charge in [-0.3, -0.25) is 0 Å². The van der Waals surface area contributed by atoms with Crippen molar-refractivity contribution in [2.45, 2.75) is 12.5 Å². The van der Waals surface area contributed by atoms with Crippen molar-refractivity contribution in [1.82, 2.24) is 0 Å². The number of anilines is 1. The van der Waals surface area contributed by atoms with Crippen LogP contribution in [0, 0.1) is 11.3 Å². The summed E-state index contributed by atoms with van der Waals surface area (Å²) in [5, 5.41) is 21.9. The van der Waals surface area contributed by atoms with E-state index in [4.69, 9.17) is 5.26 Å². The van der Waals surface area contributed by atoms with Crippen molar-refractivity contribution in [1.29, 1.82) is 5.26 Å². The fourth-order valence-corrected chi connectivity index (χ4v) is 2.38. The number of hydrogen-bond donors (Lipinski definition) is 2. The van der Waals surface area contributed by atoms with Gasteiger partial charge < -0.3 is 10.4 Å². The smallest absolute Gasteiger partial charge is 0.101 e. The predicted octanol–water partition coefficient (Wildman–Crippen LogP) is 3.34. The maximum absolute atomic E-state index is 9.51. The first-order valence-corrected chi connectivity index (χ1v) is 7.13. The lowest BCUT2D eigenvalue weighted by Gasteiger charge is -2.18. The van der Waals surface area contributed by atoms with Gasteiger partial charge in [-0.15, -0.1) is 0 Å². The molecule has 0 aromatic heterocycles. The normalized spacial score (nSPS) is 11.7. The molecular formula is C16H15BrN2O. The maximum atomic E-state index is 9.51. The molecule has 2 rings (SSSR count). The number of hydrogen-bond acceptors (Lipinski definition) is 3. The average molecular weight is 331 g/mol. The lowest BCUT2D eigenvalue weighted by molar-refractivity contribution is 0.273. The Morgan fingerprint density at radius 2 is 1.95 bits per heavy atom. The number of nitriles is 1. The maximum Gasteiger partial charge on any atom is 0.101 e. The van der Waals surface area contributed by atoms with E-state index in [2.05, 4.69) is 27.3 Å². The van der Waals surface area contributed by atoms with Gasteiger partial charge in [-0.1, -0.05) is 46.3 Å². The van der Waals surface area contributed by atoms with Gasteiger partial charge in [-0.25, -0.2) is 0 Å². The number of benzene rings is 2. The molecule has 102 valence electrons. The molecule has 2 N–H and O–H groups in total. The van der Waals surface area contributed by atoms with Gasteiger partial charge in [-0.2, -0.15) is 5.26 Å². The number of nitrogens with one attached hydrogen (secondary N) is 1. The molecule has 4 heteroatoms. The van der Waals surface area contributed by atoms with Crippen molar-refractivity contribution in [3.05, 3.63) is 64.1 Å². The van der Waals surface area contributed by atoms with Crippen molar-refractivity contribution in [2.24, 2.45) is 0 Å². The number of aliphatic hydroxyl groups is 1. The molecule has 0 heterocycles. The SMILES string of the molecule is N#Cc1cc(Br)ccc1NC(CO)Cc1ccccc1. The van der Waals surface area contributed by atoms with Gasteiger partial charge in [0.25, 0.3) is 0 Å². The molecule has 0 bridgehead atoms.